The number of benzene rings is 1. The van der Waals surface area contributed by atoms with Crippen LogP contribution in [-0.4, -0.2) is 9.91 Å². The molecule has 70 valence electrons. The average molecular weight is 188 g/mol. The minimum absolute atomic E-state index is 0.473. The van der Waals surface area contributed by atoms with Gasteiger partial charge in [-0.25, -0.2) is 0 Å². The molecule has 4 nitrogen and oxygen atoms in total. The summed E-state index contributed by atoms with van der Waals surface area (Å²) < 4.78 is 0. The van der Waals surface area contributed by atoms with Crippen LogP contribution in [-0.2, 0) is 0 Å². The number of nitrogens with zero attached hydrogens (tertiary/aromatic N) is 1. The Bertz CT molecular complexity index is 500. The van der Waals surface area contributed by atoms with Crippen LogP contribution in [0.2, 0.25) is 0 Å². The van der Waals surface area contributed by atoms with Crippen molar-refractivity contribution in [2.75, 3.05) is 0 Å². The first-order valence-corrected chi connectivity index (χ1v) is 4.14. The third kappa shape index (κ3) is 1.64. The van der Waals surface area contributed by atoms with E-state index < -0.39 is 4.92 Å². The lowest BCUT2D eigenvalue weighted by Crippen LogP contribution is -1.82. The summed E-state index contributed by atoms with van der Waals surface area (Å²) in [7, 11) is 0. The summed E-state index contributed by atoms with van der Waals surface area (Å²) in [6, 6.07) is 7.59. The zero-order valence-corrected chi connectivity index (χ0v) is 7.31. The van der Waals surface area contributed by atoms with Crippen LogP contribution in [0.15, 0.2) is 36.7 Å². The highest BCUT2D eigenvalue weighted by atomic mass is 16.6. The normalized spacial score (nSPS) is 11.1. The second kappa shape index (κ2) is 3.33. The van der Waals surface area contributed by atoms with Crippen molar-refractivity contribution in [1.29, 1.82) is 0 Å². The van der Waals surface area contributed by atoms with Crippen molar-refractivity contribution in [2.45, 2.75) is 0 Å². The van der Waals surface area contributed by atoms with E-state index >= 15 is 0 Å². The highest BCUT2D eigenvalue weighted by molar-refractivity contribution is 5.81. The van der Waals surface area contributed by atoms with Gasteiger partial charge in [0.1, 0.15) is 0 Å². The largest absolute Gasteiger partial charge is 0.361 e. The predicted molar refractivity (Wildman–Crippen MR) is 54.3 cm³/mol. The molecule has 0 saturated heterocycles. The van der Waals surface area contributed by atoms with E-state index in [2.05, 4.69) is 4.98 Å². The summed E-state index contributed by atoms with van der Waals surface area (Å²) in [6.45, 7) is 0. The van der Waals surface area contributed by atoms with E-state index in [1.807, 2.05) is 30.5 Å². The highest BCUT2D eigenvalue weighted by Gasteiger charge is 1.95. The molecule has 0 aliphatic carbocycles. The van der Waals surface area contributed by atoms with Gasteiger partial charge in [0.2, 0.25) is 6.20 Å². The third-order valence-electron chi connectivity index (χ3n) is 1.97. The molecular formula is C10H8N2O2. The molecule has 1 heterocycles. The first-order chi connectivity index (χ1) is 6.75. The maximum absolute atomic E-state index is 10.1. The molecular weight excluding hydrogens is 180 g/mol. The van der Waals surface area contributed by atoms with Gasteiger partial charge in [-0.1, -0.05) is 12.1 Å². The van der Waals surface area contributed by atoms with Crippen LogP contribution in [0.25, 0.3) is 17.0 Å². The second-order valence-corrected chi connectivity index (χ2v) is 2.93. The number of H-pyrrole nitrogens is 1. The molecule has 2 aromatic rings. The van der Waals surface area contributed by atoms with E-state index in [1.54, 1.807) is 0 Å². The summed E-state index contributed by atoms with van der Waals surface area (Å²) in [4.78, 5) is 12.7. The van der Waals surface area contributed by atoms with Gasteiger partial charge in [0, 0.05) is 17.8 Å². The van der Waals surface area contributed by atoms with Gasteiger partial charge in [-0.3, -0.25) is 10.1 Å². The van der Waals surface area contributed by atoms with Gasteiger partial charge in [-0.15, -0.1) is 0 Å². The van der Waals surface area contributed by atoms with Gasteiger partial charge >= 0.3 is 0 Å². The second-order valence-electron chi connectivity index (χ2n) is 2.93. The fraction of sp³-hybridized carbons (Fsp3) is 0. The summed E-state index contributed by atoms with van der Waals surface area (Å²) in [5, 5.41) is 11.2. The van der Waals surface area contributed by atoms with Gasteiger partial charge in [0.25, 0.3) is 0 Å². The van der Waals surface area contributed by atoms with E-state index in [-0.39, 0.29) is 0 Å². The SMILES string of the molecule is O=[N+]([O-])/C=C/c1ccc2cc[nH]c2c1. The third-order valence-corrected chi connectivity index (χ3v) is 1.97. The lowest BCUT2D eigenvalue weighted by molar-refractivity contribution is -0.400. The number of hydrogen-bond acceptors (Lipinski definition) is 2. The van der Waals surface area contributed by atoms with E-state index in [4.69, 9.17) is 0 Å². The zero-order valence-electron chi connectivity index (χ0n) is 7.31. The highest BCUT2D eigenvalue weighted by Crippen LogP contribution is 2.14. The van der Waals surface area contributed by atoms with Gasteiger partial charge in [0.15, 0.2) is 0 Å². The zero-order chi connectivity index (χ0) is 9.97. The van der Waals surface area contributed by atoms with Crippen molar-refractivity contribution < 1.29 is 4.92 Å². The van der Waals surface area contributed by atoms with Crippen LogP contribution in [0.4, 0.5) is 0 Å². The topological polar surface area (TPSA) is 58.9 Å². The summed E-state index contributed by atoms with van der Waals surface area (Å²) in [6.07, 6.45) is 4.25. The minimum Gasteiger partial charge on any atom is -0.361 e. The molecule has 0 atom stereocenters. The summed E-state index contributed by atoms with van der Waals surface area (Å²) >= 11 is 0. The summed E-state index contributed by atoms with van der Waals surface area (Å²) in [5.41, 5.74) is 1.80. The molecule has 1 N–H and O–H groups in total. The van der Waals surface area contributed by atoms with Crippen LogP contribution in [0.1, 0.15) is 5.56 Å². The molecule has 4 heteroatoms. The van der Waals surface area contributed by atoms with Crippen LogP contribution in [0.3, 0.4) is 0 Å². The molecule has 0 bridgehead atoms. The van der Waals surface area contributed by atoms with E-state index in [9.17, 15) is 10.1 Å². The molecule has 1 aromatic carbocycles. The molecule has 0 amide bonds. The van der Waals surface area contributed by atoms with Crippen molar-refractivity contribution in [3.05, 3.63) is 52.3 Å². The maximum Gasteiger partial charge on any atom is 0.235 e. The maximum atomic E-state index is 10.1. The fourth-order valence-corrected chi connectivity index (χ4v) is 1.32. The molecule has 0 saturated carbocycles. The molecule has 14 heavy (non-hydrogen) atoms. The van der Waals surface area contributed by atoms with Crippen molar-refractivity contribution in [1.82, 2.24) is 4.98 Å². The lowest BCUT2D eigenvalue weighted by Gasteiger charge is -1.92. The Morgan fingerprint density at radius 3 is 3.00 bits per heavy atom. The molecule has 2 rings (SSSR count). The molecule has 0 aliphatic rings. The first kappa shape index (κ1) is 8.50. The molecule has 0 aliphatic heterocycles. The smallest absolute Gasteiger partial charge is 0.235 e. The van der Waals surface area contributed by atoms with Crippen LogP contribution >= 0.6 is 0 Å². The quantitative estimate of drug-likeness (QED) is 0.581. The van der Waals surface area contributed by atoms with Crippen LogP contribution < -0.4 is 0 Å². The Balaban J connectivity index is 2.39. The monoisotopic (exact) mass is 188 g/mol. The van der Waals surface area contributed by atoms with Crippen molar-refractivity contribution in [3.63, 3.8) is 0 Å². The van der Waals surface area contributed by atoms with Crippen molar-refractivity contribution in [3.8, 4) is 0 Å². The number of hydrogen-bond donors (Lipinski definition) is 1. The van der Waals surface area contributed by atoms with Gasteiger partial charge in [-0.05, 0) is 23.1 Å². The number of rotatable bonds is 2. The van der Waals surface area contributed by atoms with E-state index in [0.717, 1.165) is 22.7 Å². The number of nitrogens with one attached hydrogen (secondary N) is 1. The number of aromatic amines is 1. The molecule has 0 radical (unpaired) electrons. The summed E-state index contributed by atoms with van der Waals surface area (Å²) in [5.74, 6) is 0. The van der Waals surface area contributed by atoms with E-state index in [0.29, 0.717) is 0 Å². The number of nitro groups is 1. The van der Waals surface area contributed by atoms with Gasteiger partial charge < -0.3 is 4.98 Å². The first-order valence-electron chi connectivity index (χ1n) is 4.14. The Morgan fingerprint density at radius 1 is 1.36 bits per heavy atom. The van der Waals surface area contributed by atoms with Crippen LogP contribution in [0.5, 0.6) is 0 Å². The average Bonchev–Trinajstić information content (AvgIpc) is 2.61. The molecule has 1 aromatic heterocycles. The molecule has 0 unspecified atom stereocenters. The van der Waals surface area contributed by atoms with Crippen molar-refractivity contribution >= 4 is 17.0 Å². The Labute approximate surface area is 80.0 Å². The molecule has 0 fully saturated rings. The van der Waals surface area contributed by atoms with Crippen LogP contribution in [0, 0.1) is 10.1 Å². The fourth-order valence-electron chi connectivity index (χ4n) is 1.32. The van der Waals surface area contributed by atoms with E-state index in [1.165, 1.54) is 6.08 Å². The Morgan fingerprint density at radius 2 is 2.21 bits per heavy atom. The van der Waals surface area contributed by atoms with Gasteiger partial charge in [-0.2, -0.15) is 0 Å². The van der Waals surface area contributed by atoms with Crippen molar-refractivity contribution in [2.24, 2.45) is 0 Å². The predicted octanol–water partition coefficient (Wildman–Crippen LogP) is 2.42. The lowest BCUT2D eigenvalue weighted by atomic mass is 10.1. The Hall–Kier alpha value is -2.10. The Kier molecular flexibility index (Phi) is 2.02. The minimum atomic E-state index is -0.473. The molecule has 0 spiro atoms. The standard InChI is InChI=1S/C10H8N2O2/c13-12(14)6-4-8-1-2-9-3-5-11-10(9)7-8/h1-7,11H/b6-4+. The number of fused-ring (bicyclic) bond motifs is 1. The van der Waals surface area contributed by atoms with Gasteiger partial charge in [0.05, 0.1) is 4.92 Å². The number of aromatic nitrogens is 1.